The highest BCUT2D eigenvalue weighted by atomic mass is 16.2. The topological polar surface area (TPSA) is 41.4 Å². The Hall–Kier alpha value is -2.66. The molecular formula is C27H34N4O. The molecule has 2 aromatic carbocycles. The van der Waals surface area contributed by atoms with Crippen molar-refractivity contribution in [3.05, 3.63) is 65.5 Å². The maximum absolute atomic E-state index is 12.9. The number of aryl methyl sites for hydroxylation is 1. The minimum Gasteiger partial charge on any atom is -0.340 e. The second-order valence-electron chi connectivity index (χ2n) is 9.53. The lowest BCUT2D eigenvalue weighted by atomic mass is 9.88. The van der Waals surface area contributed by atoms with E-state index in [1.807, 2.05) is 0 Å². The maximum atomic E-state index is 12.9. The summed E-state index contributed by atoms with van der Waals surface area (Å²) >= 11 is 0. The van der Waals surface area contributed by atoms with Gasteiger partial charge < -0.3 is 9.47 Å². The van der Waals surface area contributed by atoms with E-state index >= 15 is 0 Å². The highest BCUT2D eigenvalue weighted by molar-refractivity contribution is 5.79. The van der Waals surface area contributed by atoms with Crippen molar-refractivity contribution in [1.29, 1.82) is 0 Å². The highest BCUT2D eigenvalue weighted by Crippen LogP contribution is 2.26. The number of hydrogen-bond donors (Lipinski definition) is 0. The van der Waals surface area contributed by atoms with Crippen molar-refractivity contribution in [3.8, 4) is 0 Å². The van der Waals surface area contributed by atoms with Gasteiger partial charge in [-0.2, -0.15) is 0 Å². The number of hydrogen-bond acceptors (Lipinski definition) is 3. The number of nitrogens with zero attached hydrogens (tertiary/aromatic N) is 4. The third-order valence-electron chi connectivity index (χ3n) is 7.16. The molecule has 1 saturated carbocycles. The SMILES string of the molecule is Cc1cccc(Cn2c(CN3CCN(C(=O)C4CCCCC4)CC3)nc3ccccc32)c1. The van der Waals surface area contributed by atoms with Gasteiger partial charge in [0.25, 0.3) is 0 Å². The van der Waals surface area contributed by atoms with Gasteiger partial charge in [0.1, 0.15) is 5.82 Å². The van der Waals surface area contributed by atoms with Crippen molar-refractivity contribution in [3.63, 3.8) is 0 Å². The highest BCUT2D eigenvalue weighted by Gasteiger charge is 2.29. The first-order chi connectivity index (χ1) is 15.7. The first kappa shape index (κ1) is 21.2. The Balaban J connectivity index is 1.29. The van der Waals surface area contributed by atoms with Crippen LogP contribution in [0.4, 0.5) is 0 Å². The molecule has 1 aliphatic carbocycles. The Bertz CT molecular complexity index is 1070. The fraction of sp³-hybridized carbons (Fsp3) is 0.481. The average Bonchev–Trinajstić information content (AvgIpc) is 3.16. The van der Waals surface area contributed by atoms with Crippen LogP contribution in [0.2, 0.25) is 0 Å². The standard InChI is InChI=1S/C27H34N4O/c1-21-8-7-9-22(18-21)19-31-25-13-6-5-12-24(25)28-26(31)20-29-14-16-30(17-15-29)27(32)23-10-3-2-4-11-23/h5-9,12-13,18,23H,2-4,10-11,14-17,19-20H2,1H3. The van der Waals surface area contributed by atoms with Crippen LogP contribution in [0, 0.1) is 12.8 Å². The van der Waals surface area contributed by atoms with Crippen molar-refractivity contribution in [1.82, 2.24) is 19.4 Å². The number of amides is 1. The monoisotopic (exact) mass is 430 g/mol. The first-order valence-corrected chi connectivity index (χ1v) is 12.2. The fourth-order valence-corrected chi connectivity index (χ4v) is 5.35. The molecule has 1 saturated heterocycles. The van der Waals surface area contributed by atoms with Gasteiger partial charge in [-0.1, -0.05) is 61.2 Å². The van der Waals surface area contributed by atoms with E-state index in [2.05, 4.69) is 69.8 Å². The Morgan fingerprint density at radius 1 is 0.938 bits per heavy atom. The van der Waals surface area contributed by atoms with Crippen LogP contribution in [0.3, 0.4) is 0 Å². The predicted molar refractivity (Wildman–Crippen MR) is 128 cm³/mol. The van der Waals surface area contributed by atoms with Crippen LogP contribution >= 0.6 is 0 Å². The molecule has 5 nitrogen and oxygen atoms in total. The molecule has 1 amide bonds. The van der Waals surface area contributed by atoms with Gasteiger partial charge in [0.2, 0.25) is 5.91 Å². The minimum absolute atomic E-state index is 0.272. The summed E-state index contributed by atoms with van der Waals surface area (Å²) in [6, 6.07) is 17.2. The van der Waals surface area contributed by atoms with Gasteiger partial charge in [-0.3, -0.25) is 9.69 Å². The van der Waals surface area contributed by atoms with E-state index in [-0.39, 0.29) is 5.92 Å². The second-order valence-corrected chi connectivity index (χ2v) is 9.53. The van der Waals surface area contributed by atoms with Gasteiger partial charge in [0.05, 0.1) is 17.6 Å². The van der Waals surface area contributed by atoms with Gasteiger partial charge in [-0.25, -0.2) is 4.98 Å². The Kier molecular flexibility index (Phi) is 6.26. The van der Waals surface area contributed by atoms with Gasteiger partial charge in [0, 0.05) is 38.6 Å². The molecule has 3 aromatic rings. The van der Waals surface area contributed by atoms with Gasteiger partial charge >= 0.3 is 0 Å². The van der Waals surface area contributed by atoms with Crippen LogP contribution < -0.4 is 0 Å². The van der Waals surface area contributed by atoms with Crippen molar-refractivity contribution in [2.75, 3.05) is 26.2 Å². The molecule has 0 atom stereocenters. The van der Waals surface area contributed by atoms with Crippen molar-refractivity contribution >= 4 is 16.9 Å². The number of carbonyl (C=O) groups excluding carboxylic acids is 1. The number of piperazine rings is 1. The van der Waals surface area contributed by atoms with Gasteiger partial charge in [-0.05, 0) is 37.5 Å². The number of fused-ring (bicyclic) bond motifs is 1. The number of para-hydroxylation sites is 2. The molecule has 5 heteroatoms. The molecule has 1 aromatic heterocycles. The Morgan fingerprint density at radius 3 is 2.50 bits per heavy atom. The fourth-order valence-electron chi connectivity index (χ4n) is 5.35. The lowest BCUT2D eigenvalue weighted by Gasteiger charge is -2.37. The second kappa shape index (κ2) is 9.45. The first-order valence-electron chi connectivity index (χ1n) is 12.2. The molecule has 168 valence electrons. The zero-order valence-electron chi connectivity index (χ0n) is 19.2. The third-order valence-corrected chi connectivity index (χ3v) is 7.16. The Labute approximate surface area is 191 Å². The number of rotatable bonds is 5. The lowest BCUT2D eigenvalue weighted by molar-refractivity contribution is -0.138. The quantitative estimate of drug-likeness (QED) is 0.593. The molecule has 1 aliphatic heterocycles. The number of imidazole rings is 1. The molecule has 32 heavy (non-hydrogen) atoms. The summed E-state index contributed by atoms with van der Waals surface area (Å²) in [4.78, 5) is 22.5. The zero-order valence-corrected chi connectivity index (χ0v) is 19.2. The van der Waals surface area contributed by atoms with Crippen molar-refractivity contribution in [2.45, 2.75) is 52.1 Å². The number of carbonyl (C=O) groups is 1. The lowest BCUT2D eigenvalue weighted by Crippen LogP contribution is -2.50. The molecule has 0 radical (unpaired) electrons. The van der Waals surface area contributed by atoms with Gasteiger partial charge in [-0.15, -0.1) is 0 Å². The van der Waals surface area contributed by atoms with Crippen LogP contribution in [-0.2, 0) is 17.9 Å². The number of aromatic nitrogens is 2. The van der Waals surface area contributed by atoms with Crippen LogP contribution in [0.15, 0.2) is 48.5 Å². The van der Waals surface area contributed by atoms with E-state index in [1.165, 1.54) is 35.9 Å². The molecule has 0 bridgehead atoms. The maximum Gasteiger partial charge on any atom is 0.225 e. The van der Waals surface area contributed by atoms with E-state index in [4.69, 9.17) is 4.98 Å². The zero-order chi connectivity index (χ0) is 21.9. The summed E-state index contributed by atoms with van der Waals surface area (Å²) in [5.74, 6) is 1.78. The van der Waals surface area contributed by atoms with Crippen molar-refractivity contribution < 1.29 is 4.79 Å². The summed E-state index contributed by atoms with van der Waals surface area (Å²) in [5, 5.41) is 0. The predicted octanol–water partition coefficient (Wildman–Crippen LogP) is 4.62. The average molecular weight is 431 g/mol. The van der Waals surface area contributed by atoms with E-state index < -0.39 is 0 Å². The summed E-state index contributed by atoms with van der Waals surface area (Å²) in [6.45, 7) is 7.33. The van der Waals surface area contributed by atoms with E-state index in [1.54, 1.807) is 0 Å². The molecule has 0 unspecified atom stereocenters. The number of benzene rings is 2. The molecule has 2 fully saturated rings. The van der Waals surface area contributed by atoms with Crippen LogP contribution in [0.1, 0.15) is 49.1 Å². The summed E-state index contributed by atoms with van der Waals surface area (Å²) in [6.07, 6.45) is 5.90. The summed E-state index contributed by atoms with van der Waals surface area (Å²) < 4.78 is 2.36. The van der Waals surface area contributed by atoms with Crippen LogP contribution in [-0.4, -0.2) is 51.4 Å². The van der Waals surface area contributed by atoms with Crippen molar-refractivity contribution in [2.24, 2.45) is 5.92 Å². The van der Waals surface area contributed by atoms with E-state index in [0.29, 0.717) is 5.91 Å². The van der Waals surface area contributed by atoms with E-state index in [9.17, 15) is 4.79 Å². The van der Waals surface area contributed by atoms with Crippen LogP contribution in [0.5, 0.6) is 0 Å². The summed E-state index contributed by atoms with van der Waals surface area (Å²) in [5.41, 5.74) is 4.83. The third kappa shape index (κ3) is 4.58. The largest absolute Gasteiger partial charge is 0.340 e. The molecular weight excluding hydrogens is 396 g/mol. The Morgan fingerprint density at radius 2 is 1.72 bits per heavy atom. The molecule has 0 spiro atoms. The molecule has 5 rings (SSSR count). The molecule has 2 aliphatic rings. The summed E-state index contributed by atoms with van der Waals surface area (Å²) in [7, 11) is 0. The van der Waals surface area contributed by atoms with Crippen LogP contribution in [0.25, 0.3) is 11.0 Å². The van der Waals surface area contributed by atoms with Gasteiger partial charge in [0.15, 0.2) is 0 Å². The minimum atomic E-state index is 0.272. The molecule has 0 N–H and O–H groups in total. The van der Waals surface area contributed by atoms with E-state index in [0.717, 1.165) is 63.5 Å². The molecule has 2 heterocycles. The smallest absolute Gasteiger partial charge is 0.225 e. The normalized spacial score (nSPS) is 18.3.